The van der Waals surface area contributed by atoms with Crippen LogP contribution in [0.5, 0.6) is 0 Å². The second kappa shape index (κ2) is 8.05. The zero-order chi connectivity index (χ0) is 21.1. The van der Waals surface area contributed by atoms with Gasteiger partial charge in [-0.25, -0.2) is 13.6 Å². The molecule has 3 aromatic rings. The van der Waals surface area contributed by atoms with Gasteiger partial charge in [0.05, 0.1) is 5.69 Å². The minimum Gasteiger partial charge on any atom is -0.427 e. The normalized spacial score (nSPS) is 11.4. The van der Waals surface area contributed by atoms with Crippen molar-refractivity contribution in [2.45, 2.75) is 13.8 Å². The van der Waals surface area contributed by atoms with E-state index in [0.29, 0.717) is 10.4 Å². The van der Waals surface area contributed by atoms with Crippen LogP contribution >= 0.6 is 0 Å². The lowest BCUT2D eigenvalue weighted by Gasteiger charge is -2.10. The fraction of sp³-hybridized carbons (Fsp3) is 0.0952. The molecule has 2 aromatic carbocycles. The van der Waals surface area contributed by atoms with Gasteiger partial charge in [0.1, 0.15) is 17.2 Å². The largest absolute Gasteiger partial charge is 0.427 e. The van der Waals surface area contributed by atoms with E-state index in [0.717, 1.165) is 34.9 Å². The van der Waals surface area contributed by atoms with Crippen LogP contribution in [0.3, 0.4) is 0 Å². The molecule has 29 heavy (non-hydrogen) atoms. The number of carbonyl (C=O) groups is 2. The summed E-state index contributed by atoms with van der Waals surface area (Å²) in [4.78, 5) is 27.6. The van der Waals surface area contributed by atoms with Gasteiger partial charge in [-0.3, -0.25) is 10.1 Å². The van der Waals surface area contributed by atoms with Crippen LogP contribution in [0.25, 0.3) is 11.1 Å². The molecule has 8 heteroatoms. The van der Waals surface area contributed by atoms with Crippen LogP contribution in [0.2, 0.25) is 0 Å². The molecule has 0 radical (unpaired) electrons. The first-order chi connectivity index (χ1) is 13.8. The molecule has 3 rings (SSSR count). The van der Waals surface area contributed by atoms with Gasteiger partial charge >= 0.3 is 6.03 Å². The molecule has 3 amide bonds. The third-order valence-corrected chi connectivity index (χ3v) is 4.31. The molecular weight excluding hydrogens is 380 g/mol. The number of carbonyl (C=O) groups excluding carboxylic acids is 2. The number of pyridine rings is 1. The van der Waals surface area contributed by atoms with Gasteiger partial charge < -0.3 is 5.21 Å². The summed E-state index contributed by atoms with van der Waals surface area (Å²) in [5.74, 6) is -3.48. The summed E-state index contributed by atoms with van der Waals surface area (Å²) in [5, 5.41) is 12.1. The van der Waals surface area contributed by atoms with Crippen LogP contribution in [-0.2, 0) is 0 Å². The fourth-order valence-electron chi connectivity index (χ4n) is 2.76. The number of imide groups is 1. The first-order valence-electron chi connectivity index (χ1n) is 8.61. The van der Waals surface area contributed by atoms with Crippen molar-refractivity contribution in [1.29, 1.82) is 0 Å². The average Bonchev–Trinajstić information content (AvgIpc) is 2.66. The predicted molar refractivity (Wildman–Crippen MR) is 101 cm³/mol. The van der Waals surface area contributed by atoms with Crippen molar-refractivity contribution in [3.05, 3.63) is 88.5 Å². The summed E-state index contributed by atoms with van der Waals surface area (Å²) >= 11 is 0. The number of hydrogen-bond donors (Lipinski definition) is 2. The van der Waals surface area contributed by atoms with Crippen LogP contribution in [0, 0.1) is 25.5 Å². The summed E-state index contributed by atoms with van der Waals surface area (Å²) in [6.45, 7) is 3.59. The Kier molecular flexibility index (Phi) is 5.54. The number of nitrogens with one attached hydrogen (secondary N) is 1. The summed E-state index contributed by atoms with van der Waals surface area (Å²) in [5.41, 5.74) is 2.03. The summed E-state index contributed by atoms with van der Waals surface area (Å²) in [6, 6.07) is 12.4. The standard InChI is InChI=1S/C21H17F2N3O3/c1-12-6-8-14(9-7-12)15-10-11-18(26(29)13(15)2)24-21(28)25-20(27)19-16(22)4-3-5-17(19)23/h3-11,29H,1-2H3,(H,25,27,28). The topological polar surface area (TPSA) is 83.7 Å². The number of hydrogen-bond acceptors (Lipinski definition) is 3. The van der Waals surface area contributed by atoms with Crippen molar-refractivity contribution in [2.24, 2.45) is 4.99 Å². The quantitative estimate of drug-likeness (QED) is 0.646. The van der Waals surface area contributed by atoms with E-state index in [9.17, 15) is 23.6 Å². The minimum atomic E-state index is -1.27. The van der Waals surface area contributed by atoms with Gasteiger partial charge in [0, 0.05) is 5.56 Å². The lowest BCUT2D eigenvalue weighted by molar-refractivity contribution is 0.0957. The molecule has 0 spiro atoms. The highest BCUT2D eigenvalue weighted by Crippen LogP contribution is 2.21. The monoisotopic (exact) mass is 397 g/mol. The molecule has 2 N–H and O–H groups in total. The van der Waals surface area contributed by atoms with Gasteiger partial charge in [-0.1, -0.05) is 35.9 Å². The van der Waals surface area contributed by atoms with E-state index in [2.05, 4.69) is 4.99 Å². The number of aryl methyl sites for hydroxylation is 1. The van der Waals surface area contributed by atoms with Gasteiger partial charge in [0.25, 0.3) is 5.91 Å². The number of rotatable bonds is 2. The Morgan fingerprint density at radius 2 is 1.59 bits per heavy atom. The molecule has 6 nitrogen and oxygen atoms in total. The molecule has 1 heterocycles. The van der Waals surface area contributed by atoms with Crippen LogP contribution in [0.4, 0.5) is 13.6 Å². The second-order valence-corrected chi connectivity index (χ2v) is 6.34. The molecular formula is C21H17F2N3O3. The smallest absolute Gasteiger partial charge is 0.349 e. The first-order valence-corrected chi connectivity index (χ1v) is 8.61. The number of amides is 3. The van der Waals surface area contributed by atoms with Crippen molar-refractivity contribution in [3.63, 3.8) is 0 Å². The third-order valence-electron chi connectivity index (χ3n) is 4.31. The van der Waals surface area contributed by atoms with Crippen LogP contribution in [0.1, 0.15) is 21.6 Å². The molecule has 0 atom stereocenters. The van der Waals surface area contributed by atoms with E-state index < -0.39 is 29.1 Å². The number of urea groups is 1. The average molecular weight is 397 g/mol. The van der Waals surface area contributed by atoms with Gasteiger partial charge in [-0.15, -0.1) is 0 Å². The highest BCUT2D eigenvalue weighted by atomic mass is 19.1. The molecule has 1 aromatic heterocycles. The van der Waals surface area contributed by atoms with Crippen LogP contribution < -0.4 is 10.8 Å². The fourth-order valence-corrected chi connectivity index (χ4v) is 2.76. The zero-order valence-corrected chi connectivity index (χ0v) is 15.6. The highest BCUT2D eigenvalue weighted by Gasteiger charge is 2.19. The van der Waals surface area contributed by atoms with Crippen molar-refractivity contribution in [3.8, 4) is 11.1 Å². The maximum Gasteiger partial charge on any atom is 0.349 e. The summed E-state index contributed by atoms with van der Waals surface area (Å²) in [7, 11) is 0. The Hall–Kier alpha value is -3.81. The molecule has 0 unspecified atom stereocenters. The second-order valence-electron chi connectivity index (χ2n) is 6.34. The van der Waals surface area contributed by atoms with Gasteiger partial charge in [-0.05, 0) is 43.7 Å². The lowest BCUT2D eigenvalue weighted by Crippen LogP contribution is -2.32. The van der Waals surface area contributed by atoms with E-state index in [1.807, 2.05) is 31.2 Å². The Morgan fingerprint density at radius 3 is 2.21 bits per heavy atom. The Labute approximate surface area is 164 Å². The van der Waals surface area contributed by atoms with Gasteiger partial charge in [-0.2, -0.15) is 9.72 Å². The molecule has 0 saturated heterocycles. The molecule has 0 aliphatic carbocycles. The van der Waals surface area contributed by atoms with E-state index in [1.165, 1.54) is 6.07 Å². The highest BCUT2D eigenvalue weighted by molar-refractivity contribution is 6.04. The van der Waals surface area contributed by atoms with E-state index in [-0.39, 0.29) is 5.49 Å². The zero-order valence-electron chi connectivity index (χ0n) is 15.6. The number of benzene rings is 2. The molecule has 148 valence electrons. The minimum absolute atomic E-state index is 0.155. The van der Waals surface area contributed by atoms with E-state index in [1.54, 1.807) is 18.3 Å². The number of halogens is 2. The van der Waals surface area contributed by atoms with E-state index in [4.69, 9.17) is 0 Å². The Morgan fingerprint density at radius 1 is 0.966 bits per heavy atom. The Balaban J connectivity index is 1.88. The SMILES string of the molecule is Cc1ccc(-c2ccc(=NC(=O)NC(=O)c3c(F)cccc3F)n(O)c2C)cc1. The van der Waals surface area contributed by atoms with E-state index >= 15 is 0 Å². The third kappa shape index (κ3) is 4.21. The molecule has 0 aliphatic rings. The van der Waals surface area contributed by atoms with Crippen LogP contribution in [-0.4, -0.2) is 21.9 Å². The first kappa shape index (κ1) is 19.9. The van der Waals surface area contributed by atoms with Gasteiger partial charge in [0.15, 0.2) is 5.49 Å². The molecule has 0 fully saturated rings. The van der Waals surface area contributed by atoms with Crippen molar-refractivity contribution in [1.82, 2.24) is 10.0 Å². The molecule has 0 saturated carbocycles. The molecule has 0 bridgehead atoms. The number of aromatic nitrogens is 1. The van der Waals surface area contributed by atoms with Crippen molar-refractivity contribution >= 4 is 11.9 Å². The van der Waals surface area contributed by atoms with Crippen molar-refractivity contribution in [2.75, 3.05) is 0 Å². The summed E-state index contributed by atoms with van der Waals surface area (Å²) in [6.07, 6.45) is 0. The van der Waals surface area contributed by atoms with Crippen LogP contribution in [0.15, 0.2) is 59.6 Å². The predicted octanol–water partition coefficient (Wildman–Crippen LogP) is 3.74. The Bertz CT molecular complexity index is 1150. The summed E-state index contributed by atoms with van der Waals surface area (Å²) < 4.78 is 28.0. The lowest BCUT2D eigenvalue weighted by atomic mass is 10.0. The van der Waals surface area contributed by atoms with Crippen molar-refractivity contribution < 1.29 is 23.6 Å². The molecule has 0 aliphatic heterocycles. The maximum atomic E-state index is 13.6. The number of nitrogens with zero attached hydrogens (tertiary/aromatic N) is 2. The van der Waals surface area contributed by atoms with Gasteiger partial charge in [0.2, 0.25) is 0 Å². The maximum absolute atomic E-state index is 13.6.